The molecule has 0 spiro atoms. The molecule has 2 aromatic rings. The maximum absolute atomic E-state index is 13.5. The maximum Gasteiger partial charge on any atom is 0.316 e. The third-order valence-electron chi connectivity index (χ3n) is 3.31. The molecule has 7 heteroatoms. The van der Waals surface area contributed by atoms with E-state index in [1.54, 1.807) is 20.8 Å². The van der Waals surface area contributed by atoms with Crippen molar-refractivity contribution in [2.24, 2.45) is 5.92 Å². The van der Waals surface area contributed by atoms with E-state index in [4.69, 9.17) is 4.74 Å². The van der Waals surface area contributed by atoms with Gasteiger partial charge in [-0.05, 0) is 38.0 Å². The highest BCUT2D eigenvalue weighted by molar-refractivity contribution is 5.74. The lowest BCUT2D eigenvalue weighted by molar-refractivity contribution is -0.148. The van der Waals surface area contributed by atoms with E-state index in [2.05, 4.69) is 4.98 Å². The lowest BCUT2D eigenvalue weighted by Gasteiger charge is -2.16. The number of hydrogen-bond donors (Lipinski definition) is 1. The second-order valence-electron chi connectivity index (χ2n) is 5.88. The summed E-state index contributed by atoms with van der Waals surface area (Å²) in [6.07, 6.45) is -0.110. The molecular formula is C16H19FN2O4. The van der Waals surface area contributed by atoms with E-state index in [1.807, 2.05) is 0 Å². The molecule has 0 aliphatic carbocycles. The summed E-state index contributed by atoms with van der Waals surface area (Å²) < 4.78 is 19.7. The Kier molecular flexibility index (Phi) is 4.98. The summed E-state index contributed by atoms with van der Waals surface area (Å²) >= 11 is 0. The SMILES string of the molecule is CC(C)OC(=O)C[C@@H](C)Cn1c(=O)c(=O)[nH]c2ccc(F)cc21. The molecule has 124 valence electrons. The van der Waals surface area contributed by atoms with Crippen LogP contribution >= 0.6 is 0 Å². The molecule has 0 aliphatic rings. The fraction of sp³-hybridized carbons (Fsp3) is 0.438. The number of rotatable bonds is 5. The highest BCUT2D eigenvalue weighted by Crippen LogP contribution is 2.14. The summed E-state index contributed by atoms with van der Waals surface area (Å²) in [6.45, 7) is 5.39. The molecule has 0 fully saturated rings. The Morgan fingerprint density at radius 1 is 1.30 bits per heavy atom. The molecule has 1 atom stereocenters. The minimum atomic E-state index is -0.777. The smallest absolute Gasteiger partial charge is 0.316 e. The molecule has 6 nitrogen and oxygen atoms in total. The van der Waals surface area contributed by atoms with Crippen LogP contribution in [0, 0.1) is 11.7 Å². The molecule has 0 bridgehead atoms. The van der Waals surface area contributed by atoms with Crippen LogP contribution in [-0.4, -0.2) is 21.6 Å². The van der Waals surface area contributed by atoms with Crippen LogP contribution in [0.1, 0.15) is 27.2 Å². The first kappa shape index (κ1) is 16.9. The van der Waals surface area contributed by atoms with Gasteiger partial charge in [0.05, 0.1) is 17.1 Å². The summed E-state index contributed by atoms with van der Waals surface area (Å²) in [6, 6.07) is 3.79. The van der Waals surface area contributed by atoms with Crippen molar-refractivity contribution in [3.63, 3.8) is 0 Å². The number of esters is 1. The van der Waals surface area contributed by atoms with Crippen LogP contribution in [0.2, 0.25) is 0 Å². The van der Waals surface area contributed by atoms with E-state index in [0.29, 0.717) is 11.0 Å². The van der Waals surface area contributed by atoms with Crippen LogP contribution < -0.4 is 11.1 Å². The van der Waals surface area contributed by atoms with Crippen LogP contribution in [0.4, 0.5) is 4.39 Å². The third-order valence-corrected chi connectivity index (χ3v) is 3.31. The van der Waals surface area contributed by atoms with Gasteiger partial charge in [0.15, 0.2) is 0 Å². The van der Waals surface area contributed by atoms with Crippen LogP contribution in [0.15, 0.2) is 27.8 Å². The van der Waals surface area contributed by atoms with Gasteiger partial charge in [-0.25, -0.2) is 4.39 Å². The van der Waals surface area contributed by atoms with Crippen molar-refractivity contribution in [2.45, 2.75) is 39.8 Å². The highest BCUT2D eigenvalue weighted by atomic mass is 19.1. The van der Waals surface area contributed by atoms with Crippen LogP contribution in [0.5, 0.6) is 0 Å². The van der Waals surface area contributed by atoms with E-state index >= 15 is 0 Å². The highest BCUT2D eigenvalue weighted by Gasteiger charge is 2.16. The minimum absolute atomic E-state index is 0.105. The fourth-order valence-corrected chi connectivity index (χ4v) is 2.39. The molecule has 0 saturated carbocycles. The molecule has 1 aromatic heterocycles. The largest absolute Gasteiger partial charge is 0.463 e. The standard InChI is InChI=1S/C16H19FN2O4/c1-9(2)23-14(20)6-10(3)8-19-13-7-11(17)4-5-12(13)18-15(21)16(19)22/h4-5,7,9-10H,6,8H2,1-3H3,(H,18,21)/t10-/m1/s1. The zero-order valence-corrected chi connectivity index (χ0v) is 13.3. The second-order valence-corrected chi connectivity index (χ2v) is 5.88. The van der Waals surface area contributed by atoms with E-state index in [0.717, 1.165) is 0 Å². The number of carbonyl (C=O) groups is 1. The Hall–Kier alpha value is -2.44. The Labute approximate surface area is 131 Å². The average molecular weight is 322 g/mol. The molecule has 0 aliphatic heterocycles. The quantitative estimate of drug-likeness (QED) is 0.672. The van der Waals surface area contributed by atoms with Crippen LogP contribution in [0.3, 0.4) is 0 Å². The van der Waals surface area contributed by atoms with Gasteiger partial charge < -0.3 is 14.3 Å². The molecule has 0 radical (unpaired) electrons. The Balaban J connectivity index is 2.33. The zero-order chi connectivity index (χ0) is 17.1. The molecule has 1 aromatic carbocycles. The predicted molar refractivity (Wildman–Crippen MR) is 83.8 cm³/mol. The summed E-state index contributed by atoms with van der Waals surface area (Å²) in [7, 11) is 0. The Morgan fingerprint density at radius 2 is 2.00 bits per heavy atom. The molecular weight excluding hydrogens is 303 g/mol. The normalized spacial score (nSPS) is 12.6. The molecule has 1 heterocycles. The van der Waals surface area contributed by atoms with E-state index in [1.165, 1.54) is 22.8 Å². The fourth-order valence-electron chi connectivity index (χ4n) is 2.39. The van der Waals surface area contributed by atoms with Gasteiger partial charge in [0, 0.05) is 13.0 Å². The van der Waals surface area contributed by atoms with Crippen molar-refractivity contribution >= 4 is 17.0 Å². The molecule has 2 rings (SSSR count). The van der Waals surface area contributed by atoms with Gasteiger partial charge in [-0.15, -0.1) is 0 Å². The van der Waals surface area contributed by atoms with Crippen molar-refractivity contribution in [3.8, 4) is 0 Å². The lowest BCUT2D eigenvalue weighted by atomic mass is 10.1. The monoisotopic (exact) mass is 322 g/mol. The van der Waals surface area contributed by atoms with Gasteiger partial charge >= 0.3 is 17.1 Å². The van der Waals surface area contributed by atoms with E-state index in [9.17, 15) is 18.8 Å². The van der Waals surface area contributed by atoms with Gasteiger partial charge in [0.25, 0.3) is 0 Å². The minimum Gasteiger partial charge on any atom is -0.463 e. The first-order valence-electron chi connectivity index (χ1n) is 7.39. The van der Waals surface area contributed by atoms with Crippen molar-refractivity contribution < 1.29 is 13.9 Å². The summed E-state index contributed by atoms with van der Waals surface area (Å²) in [5.41, 5.74) is -0.889. The zero-order valence-electron chi connectivity index (χ0n) is 13.3. The summed E-state index contributed by atoms with van der Waals surface area (Å²) in [4.78, 5) is 37.9. The van der Waals surface area contributed by atoms with Gasteiger partial charge in [-0.2, -0.15) is 0 Å². The van der Waals surface area contributed by atoms with E-state index in [-0.39, 0.29) is 31.0 Å². The second kappa shape index (κ2) is 6.76. The number of halogens is 1. The van der Waals surface area contributed by atoms with Crippen molar-refractivity contribution in [2.75, 3.05) is 0 Å². The van der Waals surface area contributed by atoms with Gasteiger partial charge in [0.2, 0.25) is 0 Å². The first-order valence-corrected chi connectivity index (χ1v) is 7.39. The van der Waals surface area contributed by atoms with Gasteiger partial charge in [-0.1, -0.05) is 6.92 Å². The first-order chi connectivity index (χ1) is 10.8. The van der Waals surface area contributed by atoms with Crippen molar-refractivity contribution in [1.29, 1.82) is 0 Å². The third kappa shape index (κ3) is 4.06. The Bertz CT molecular complexity index is 838. The molecule has 0 unspecified atom stereocenters. The number of ether oxygens (including phenoxy) is 1. The number of benzene rings is 1. The molecule has 1 N–H and O–H groups in total. The summed E-state index contributed by atoms with van der Waals surface area (Å²) in [5.74, 6) is -1.13. The predicted octanol–water partition coefficient (Wildman–Crippen LogP) is 1.81. The number of nitrogens with zero attached hydrogens (tertiary/aromatic N) is 1. The van der Waals surface area contributed by atoms with Crippen LogP contribution in [0.25, 0.3) is 11.0 Å². The number of aromatic nitrogens is 2. The number of fused-ring (bicyclic) bond motifs is 1. The molecule has 0 amide bonds. The topological polar surface area (TPSA) is 81.2 Å². The number of nitrogens with one attached hydrogen (secondary N) is 1. The van der Waals surface area contributed by atoms with Crippen LogP contribution in [-0.2, 0) is 16.1 Å². The number of hydrogen-bond acceptors (Lipinski definition) is 4. The molecule has 23 heavy (non-hydrogen) atoms. The Morgan fingerprint density at radius 3 is 2.65 bits per heavy atom. The molecule has 0 saturated heterocycles. The lowest BCUT2D eigenvalue weighted by Crippen LogP contribution is -2.37. The van der Waals surface area contributed by atoms with Gasteiger partial charge in [0.1, 0.15) is 5.82 Å². The average Bonchev–Trinajstić information content (AvgIpc) is 2.43. The maximum atomic E-state index is 13.5. The van der Waals surface area contributed by atoms with Gasteiger partial charge in [-0.3, -0.25) is 14.4 Å². The number of carbonyl (C=O) groups excluding carboxylic acids is 1. The van der Waals surface area contributed by atoms with Crippen molar-refractivity contribution in [1.82, 2.24) is 9.55 Å². The number of H-pyrrole nitrogens is 1. The number of aromatic amines is 1. The van der Waals surface area contributed by atoms with Crippen molar-refractivity contribution in [3.05, 3.63) is 44.7 Å². The van der Waals surface area contributed by atoms with E-state index < -0.39 is 16.9 Å². The summed E-state index contributed by atoms with van der Waals surface area (Å²) in [5, 5.41) is 0.